The molecule has 2 rings (SSSR count). The minimum atomic E-state index is 0.444. The van der Waals surface area contributed by atoms with E-state index in [1.165, 1.54) is 51.5 Å². The SMILES string of the molecule is CC(C)C1(CNCC2CCCCCC2N)CC1. The maximum Gasteiger partial charge on any atom is 0.00792 e. The molecule has 0 heterocycles. The number of nitrogens with one attached hydrogen (secondary N) is 1. The van der Waals surface area contributed by atoms with Gasteiger partial charge in [-0.1, -0.05) is 33.1 Å². The van der Waals surface area contributed by atoms with Gasteiger partial charge in [-0.2, -0.15) is 0 Å². The van der Waals surface area contributed by atoms with Crippen LogP contribution in [0.15, 0.2) is 0 Å². The van der Waals surface area contributed by atoms with Crippen LogP contribution in [0, 0.1) is 17.3 Å². The molecular weight excluding hydrogens is 208 g/mol. The van der Waals surface area contributed by atoms with E-state index in [9.17, 15) is 0 Å². The monoisotopic (exact) mass is 238 g/mol. The molecule has 0 aromatic carbocycles. The minimum absolute atomic E-state index is 0.444. The Bertz CT molecular complexity index is 233. The first-order valence-electron chi connectivity index (χ1n) is 7.60. The fourth-order valence-electron chi connectivity index (χ4n) is 3.29. The van der Waals surface area contributed by atoms with Crippen molar-refractivity contribution in [3.05, 3.63) is 0 Å². The highest BCUT2D eigenvalue weighted by Crippen LogP contribution is 2.51. The first-order valence-corrected chi connectivity index (χ1v) is 7.60. The highest BCUT2D eigenvalue weighted by molar-refractivity contribution is 4.97. The molecule has 2 nitrogen and oxygen atoms in total. The Labute approximate surface area is 107 Å². The van der Waals surface area contributed by atoms with Crippen LogP contribution in [0.25, 0.3) is 0 Å². The molecular formula is C15H30N2. The number of hydrogen-bond acceptors (Lipinski definition) is 2. The summed E-state index contributed by atoms with van der Waals surface area (Å²) >= 11 is 0. The van der Waals surface area contributed by atoms with Gasteiger partial charge in [0.25, 0.3) is 0 Å². The first-order chi connectivity index (χ1) is 8.14. The number of hydrogen-bond donors (Lipinski definition) is 2. The third-order valence-corrected chi connectivity index (χ3v) is 5.22. The third-order valence-electron chi connectivity index (χ3n) is 5.22. The van der Waals surface area contributed by atoms with E-state index < -0.39 is 0 Å². The van der Waals surface area contributed by atoms with Gasteiger partial charge in [0.15, 0.2) is 0 Å². The van der Waals surface area contributed by atoms with Gasteiger partial charge >= 0.3 is 0 Å². The summed E-state index contributed by atoms with van der Waals surface area (Å²) in [5.41, 5.74) is 6.90. The van der Waals surface area contributed by atoms with Crippen molar-refractivity contribution in [3.8, 4) is 0 Å². The van der Waals surface area contributed by atoms with Crippen LogP contribution in [0.3, 0.4) is 0 Å². The molecule has 0 bridgehead atoms. The van der Waals surface area contributed by atoms with Crippen LogP contribution in [0.4, 0.5) is 0 Å². The second-order valence-corrected chi connectivity index (χ2v) is 6.71. The maximum absolute atomic E-state index is 6.26. The Morgan fingerprint density at radius 3 is 2.53 bits per heavy atom. The first kappa shape index (κ1) is 13.4. The lowest BCUT2D eigenvalue weighted by Gasteiger charge is -2.25. The van der Waals surface area contributed by atoms with Gasteiger partial charge in [0.2, 0.25) is 0 Å². The van der Waals surface area contributed by atoms with Crippen LogP contribution >= 0.6 is 0 Å². The van der Waals surface area contributed by atoms with Gasteiger partial charge in [0.1, 0.15) is 0 Å². The Morgan fingerprint density at radius 2 is 1.88 bits per heavy atom. The van der Waals surface area contributed by atoms with Crippen LogP contribution in [-0.4, -0.2) is 19.1 Å². The summed E-state index contributed by atoms with van der Waals surface area (Å²) in [7, 11) is 0. The maximum atomic E-state index is 6.26. The van der Waals surface area contributed by atoms with Gasteiger partial charge in [-0.25, -0.2) is 0 Å². The summed E-state index contributed by atoms with van der Waals surface area (Å²) in [6.07, 6.45) is 9.54. The van der Waals surface area contributed by atoms with E-state index in [1.807, 2.05) is 0 Å². The molecule has 0 aromatic rings. The molecule has 0 radical (unpaired) electrons. The molecule has 2 fully saturated rings. The molecule has 2 aliphatic carbocycles. The average Bonchev–Trinajstić information content (AvgIpc) is 3.07. The fourth-order valence-corrected chi connectivity index (χ4v) is 3.29. The highest BCUT2D eigenvalue weighted by atomic mass is 14.9. The van der Waals surface area contributed by atoms with E-state index in [4.69, 9.17) is 5.73 Å². The van der Waals surface area contributed by atoms with Crippen LogP contribution in [0.5, 0.6) is 0 Å². The predicted octanol–water partition coefficient (Wildman–Crippen LogP) is 2.92. The van der Waals surface area contributed by atoms with Gasteiger partial charge in [-0.15, -0.1) is 0 Å². The van der Waals surface area contributed by atoms with Gasteiger partial charge < -0.3 is 11.1 Å². The van der Waals surface area contributed by atoms with Crippen molar-refractivity contribution in [1.29, 1.82) is 0 Å². The van der Waals surface area contributed by atoms with Gasteiger partial charge in [-0.05, 0) is 49.5 Å². The van der Waals surface area contributed by atoms with Crippen molar-refractivity contribution in [2.24, 2.45) is 23.0 Å². The van der Waals surface area contributed by atoms with E-state index in [0.29, 0.717) is 11.5 Å². The van der Waals surface area contributed by atoms with Crippen molar-refractivity contribution < 1.29 is 0 Å². The van der Waals surface area contributed by atoms with Crippen molar-refractivity contribution in [2.75, 3.05) is 13.1 Å². The summed E-state index contributed by atoms with van der Waals surface area (Å²) in [5.74, 6) is 1.55. The van der Waals surface area contributed by atoms with E-state index >= 15 is 0 Å². The normalized spacial score (nSPS) is 32.5. The van der Waals surface area contributed by atoms with E-state index in [1.54, 1.807) is 0 Å². The summed E-state index contributed by atoms with van der Waals surface area (Å²) in [5, 5.41) is 3.72. The summed E-state index contributed by atoms with van der Waals surface area (Å²) < 4.78 is 0. The van der Waals surface area contributed by atoms with Crippen molar-refractivity contribution in [2.45, 2.75) is 64.8 Å². The highest BCUT2D eigenvalue weighted by Gasteiger charge is 2.44. The zero-order chi connectivity index (χ0) is 12.3. The molecule has 2 atom stereocenters. The molecule has 0 amide bonds. The summed E-state index contributed by atoms with van der Waals surface area (Å²) in [6.45, 7) is 7.10. The van der Waals surface area contributed by atoms with Crippen molar-refractivity contribution in [1.82, 2.24) is 5.32 Å². The Kier molecular flexibility index (Phi) is 4.48. The molecule has 0 aliphatic heterocycles. The molecule has 17 heavy (non-hydrogen) atoms. The lowest BCUT2D eigenvalue weighted by atomic mass is 9.91. The molecule has 0 saturated heterocycles. The molecule has 2 heteroatoms. The Balaban J connectivity index is 1.70. The quantitative estimate of drug-likeness (QED) is 0.723. The van der Waals surface area contributed by atoms with Gasteiger partial charge in [-0.3, -0.25) is 0 Å². The standard InChI is InChI=1S/C15H30N2/c1-12(2)15(8-9-15)11-17-10-13-6-4-3-5-7-14(13)16/h12-14,17H,3-11,16H2,1-2H3. The van der Waals surface area contributed by atoms with Crippen molar-refractivity contribution >= 4 is 0 Å². The topological polar surface area (TPSA) is 38.0 Å². The zero-order valence-corrected chi connectivity index (χ0v) is 11.7. The molecule has 0 spiro atoms. The molecule has 100 valence electrons. The molecule has 2 unspecified atom stereocenters. The average molecular weight is 238 g/mol. The predicted molar refractivity (Wildman–Crippen MR) is 73.9 cm³/mol. The Morgan fingerprint density at radius 1 is 1.18 bits per heavy atom. The van der Waals surface area contributed by atoms with Crippen molar-refractivity contribution in [3.63, 3.8) is 0 Å². The zero-order valence-electron chi connectivity index (χ0n) is 11.7. The largest absolute Gasteiger partial charge is 0.327 e. The van der Waals surface area contributed by atoms with Crippen LogP contribution in [0.2, 0.25) is 0 Å². The number of nitrogens with two attached hydrogens (primary N) is 1. The minimum Gasteiger partial charge on any atom is -0.327 e. The smallest absolute Gasteiger partial charge is 0.00792 e. The fraction of sp³-hybridized carbons (Fsp3) is 1.00. The second-order valence-electron chi connectivity index (χ2n) is 6.71. The molecule has 2 aliphatic rings. The lowest BCUT2D eigenvalue weighted by molar-refractivity contribution is 0.308. The second kappa shape index (κ2) is 5.71. The lowest BCUT2D eigenvalue weighted by Crippen LogP contribution is -2.39. The summed E-state index contributed by atoms with van der Waals surface area (Å²) in [4.78, 5) is 0. The third kappa shape index (κ3) is 3.45. The van der Waals surface area contributed by atoms with Crippen LogP contribution in [0.1, 0.15) is 58.8 Å². The molecule has 2 saturated carbocycles. The van der Waals surface area contributed by atoms with E-state index in [-0.39, 0.29) is 0 Å². The number of rotatable bonds is 5. The van der Waals surface area contributed by atoms with E-state index in [0.717, 1.165) is 18.4 Å². The molecule has 0 aromatic heterocycles. The molecule has 3 N–H and O–H groups in total. The van der Waals surface area contributed by atoms with Gasteiger partial charge in [0, 0.05) is 12.6 Å². The summed E-state index contributed by atoms with van der Waals surface area (Å²) in [6, 6.07) is 0.444. The van der Waals surface area contributed by atoms with Crippen LogP contribution < -0.4 is 11.1 Å². The van der Waals surface area contributed by atoms with E-state index in [2.05, 4.69) is 19.2 Å². The Hall–Kier alpha value is -0.0800. The van der Waals surface area contributed by atoms with Gasteiger partial charge in [0.05, 0.1) is 0 Å². The van der Waals surface area contributed by atoms with Crippen LogP contribution in [-0.2, 0) is 0 Å².